The van der Waals surface area contributed by atoms with Gasteiger partial charge in [-0.3, -0.25) is 9.48 Å². The summed E-state index contributed by atoms with van der Waals surface area (Å²) < 4.78 is 6.58. The second-order valence-electron chi connectivity index (χ2n) is 3.93. The van der Waals surface area contributed by atoms with E-state index in [1.54, 1.807) is 6.20 Å². The number of hydrogen-bond donors (Lipinski definition) is 1. The fraction of sp³-hybridized carbons (Fsp3) is 0.231. The minimum atomic E-state index is -0.311. The molecule has 0 saturated heterocycles. The number of rotatable bonds is 5. The average Bonchev–Trinajstić information content (AvgIpc) is 2.76. The number of nitrogens with two attached hydrogens (primary N) is 1. The number of hydrogen-bond acceptors (Lipinski definition) is 4. The van der Waals surface area contributed by atoms with E-state index in [2.05, 4.69) is 5.10 Å². The van der Waals surface area contributed by atoms with Crippen LogP contribution in [0, 0.1) is 0 Å². The van der Waals surface area contributed by atoms with Crippen molar-refractivity contribution in [3.05, 3.63) is 48.3 Å². The van der Waals surface area contributed by atoms with Crippen LogP contribution in [0.3, 0.4) is 0 Å². The van der Waals surface area contributed by atoms with Gasteiger partial charge in [-0.05, 0) is 5.56 Å². The van der Waals surface area contributed by atoms with Gasteiger partial charge in [-0.1, -0.05) is 30.3 Å². The molecule has 0 unspecified atom stereocenters. The van der Waals surface area contributed by atoms with E-state index in [1.165, 1.54) is 10.9 Å². The summed E-state index contributed by atoms with van der Waals surface area (Å²) in [5, 5.41) is 3.91. The quantitative estimate of drug-likeness (QED) is 0.805. The van der Waals surface area contributed by atoms with Crippen molar-refractivity contribution in [3.8, 4) is 0 Å². The molecule has 2 rings (SSSR count). The van der Waals surface area contributed by atoms with E-state index in [0.29, 0.717) is 18.7 Å². The van der Waals surface area contributed by atoms with Gasteiger partial charge < -0.3 is 10.5 Å². The molecule has 94 valence electrons. The number of nitrogens with zero attached hydrogens (tertiary/aromatic N) is 2. The molecule has 18 heavy (non-hydrogen) atoms. The molecule has 0 atom stereocenters. The number of esters is 1. The van der Waals surface area contributed by atoms with E-state index in [-0.39, 0.29) is 12.5 Å². The predicted octanol–water partition coefficient (Wildman–Crippen LogP) is 1.25. The highest BCUT2D eigenvalue weighted by Crippen LogP contribution is 2.01. The molecule has 2 aromatic rings. The van der Waals surface area contributed by atoms with Crippen molar-refractivity contribution in [1.29, 1.82) is 0 Å². The van der Waals surface area contributed by atoms with Crippen LogP contribution in [0.1, 0.15) is 5.56 Å². The fourth-order valence-corrected chi connectivity index (χ4v) is 1.57. The number of anilines is 1. The Morgan fingerprint density at radius 2 is 2.11 bits per heavy atom. The van der Waals surface area contributed by atoms with Gasteiger partial charge in [-0.25, -0.2) is 0 Å². The van der Waals surface area contributed by atoms with Crippen molar-refractivity contribution in [2.45, 2.75) is 13.0 Å². The number of nitrogen functional groups attached to an aromatic ring is 1. The second-order valence-corrected chi connectivity index (χ2v) is 3.93. The largest absolute Gasteiger partial charge is 0.464 e. The monoisotopic (exact) mass is 245 g/mol. The molecule has 0 radical (unpaired) electrons. The molecule has 0 aliphatic heterocycles. The van der Waals surface area contributed by atoms with Gasteiger partial charge in [0.2, 0.25) is 0 Å². The zero-order valence-electron chi connectivity index (χ0n) is 9.95. The van der Waals surface area contributed by atoms with Gasteiger partial charge in [0.15, 0.2) is 0 Å². The van der Waals surface area contributed by atoms with E-state index in [4.69, 9.17) is 10.5 Å². The van der Waals surface area contributed by atoms with E-state index in [0.717, 1.165) is 5.56 Å². The molecule has 0 bridgehead atoms. The maximum Gasteiger partial charge on any atom is 0.327 e. The molecular weight excluding hydrogens is 230 g/mol. The number of ether oxygens (including phenoxy) is 1. The third kappa shape index (κ3) is 3.62. The second kappa shape index (κ2) is 5.86. The third-order valence-electron chi connectivity index (χ3n) is 2.44. The molecule has 0 saturated carbocycles. The zero-order chi connectivity index (χ0) is 12.8. The van der Waals surface area contributed by atoms with Gasteiger partial charge in [-0.2, -0.15) is 5.10 Å². The Morgan fingerprint density at radius 1 is 1.33 bits per heavy atom. The van der Waals surface area contributed by atoms with Gasteiger partial charge in [-0.15, -0.1) is 0 Å². The molecule has 2 N–H and O–H groups in total. The van der Waals surface area contributed by atoms with Gasteiger partial charge in [0, 0.05) is 12.6 Å². The number of carbonyl (C=O) groups excluding carboxylic acids is 1. The molecule has 0 amide bonds. The zero-order valence-corrected chi connectivity index (χ0v) is 9.95. The lowest BCUT2D eigenvalue weighted by Gasteiger charge is -2.05. The van der Waals surface area contributed by atoms with E-state index >= 15 is 0 Å². The Hall–Kier alpha value is -2.30. The Morgan fingerprint density at radius 3 is 2.78 bits per heavy atom. The van der Waals surface area contributed by atoms with Gasteiger partial charge in [0.25, 0.3) is 0 Å². The molecular formula is C13H15N3O2. The molecule has 0 spiro atoms. The Labute approximate surface area is 105 Å². The van der Waals surface area contributed by atoms with Crippen LogP contribution in [-0.4, -0.2) is 22.4 Å². The van der Waals surface area contributed by atoms with Crippen molar-refractivity contribution in [1.82, 2.24) is 9.78 Å². The predicted molar refractivity (Wildman–Crippen MR) is 67.7 cm³/mol. The van der Waals surface area contributed by atoms with Crippen LogP contribution >= 0.6 is 0 Å². The van der Waals surface area contributed by atoms with Crippen molar-refractivity contribution < 1.29 is 9.53 Å². The summed E-state index contributed by atoms with van der Waals surface area (Å²) in [4.78, 5) is 11.5. The lowest BCUT2D eigenvalue weighted by molar-refractivity contribution is -0.144. The molecule has 5 nitrogen and oxygen atoms in total. The molecule has 0 fully saturated rings. The van der Waals surface area contributed by atoms with Gasteiger partial charge in [0.1, 0.15) is 6.54 Å². The maximum atomic E-state index is 11.5. The summed E-state index contributed by atoms with van der Waals surface area (Å²) in [7, 11) is 0. The molecule has 1 aromatic carbocycles. The topological polar surface area (TPSA) is 70.1 Å². The molecule has 1 aromatic heterocycles. The first-order valence-corrected chi connectivity index (χ1v) is 5.71. The first-order valence-electron chi connectivity index (χ1n) is 5.71. The molecule has 5 heteroatoms. The van der Waals surface area contributed by atoms with Crippen molar-refractivity contribution in [2.75, 3.05) is 12.3 Å². The van der Waals surface area contributed by atoms with Crippen LogP contribution in [0.5, 0.6) is 0 Å². The van der Waals surface area contributed by atoms with Gasteiger partial charge >= 0.3 is 5.97 Å². The maximum absolute atomic E-state index is 11.5. The first kappa shape index (κ1) is 12.2. The van der Waals surface area contributed by atoms with Crippen LogP contribution in [0.2, 0.25) is 0 Å². The van der Waals surface area contributed by atoms with Crippen molar-refractivity contribution in [2.24, 2.45) is 0 Å². The normalized spacial score (nSPS) is 10.2. The Balaban J connectivity index is 1.72. The Kier molecular flexibility index (Phi) is 3.96. The Bertz CT molecular complexity index is 508. The van der Waals surface area contributed by atoms with Crippen LogP contribution in [0.25, 0.3) is 0 Å². The fourth-order valence-electron chi connectivity index (χ4n) is 1.57. The SMILES string of the molecule is Nc1cnn(CC(=O)OCCc2ccccc2)c1. The molecule has 0 aliphatic carbocycles. The van der Waals surface area contributed by atoms with Crippen LogP contribution in [0.4, 0.5) is 5.69 Å². The summed E-state index contributed by atoms with van der Waals surface area (Å²) in [5.74, 6) is -0.311. The summed E-state index contributed by atoms with van der Waals surface area (Å²) in [5.41, 5.74) is 7.18. The highest BCUT2D eigenvalue weighted by Gasteiger charge is 2.05. The number of aromatic nitrogens is 2. The van der Waals surface area contributed by atoms with E-state index < -0.39 is 0 Å². The summed E-state index contributed by atoms with van der Waals surface area (Å²) in [6.07, 6.45) is 3.81. The lowest BCUT2D eigenvalue weighted by Crippen LogP contribution is -2.15. The van der Waals surface area contributed by atoms with Crippen molar-refractivity contribution >= 4 is 11.7 Å². The summed E-state index contributed by atoms with van der Waals surface area (Å²) in [6, 6.07) is 9.88. The highest BCUT2D eigenvalue weighted by molar-refractivity contribution is 5.69. The van der Waals surface area contributed by atoms with E-state index in [1.807, 2.05) is 30.3 Å². The minimum absolute atomic E-state index is 0.0893. The van der Waals surface area contributed by atoms with Crippen LogP contribution in [0.15, 0.2) is 42.7 Å². The minimum Gasteiger partial charge on any atom is -0.464 e. The summed E-state index contributed by atoms with van der Waals surface area (Å²) in [6.45, 7) is 0.464. The summed E-state index contributed by atoms with van der Waals surface area (Å²) >= 11 is 0. The number of benzene rings is 1. The van der Waals surface area contributed by atoms with Crippen molar-refractivity contribution in [3.63, 3.8) is 0 Å². The number of carbonyl (C=O) groups is 1. The third-order valence-corrected chi connectivity index (χ3v) is 2.44. The molecule has 1 heterocycles. The average molecular weight is 245 g/mol. The van der Waals surface area contributed by atoms with Gasteiger partial charge in [0.05, 0.1) is 18.5 Å². The smallest absolute Gasteiger partial charge is 0.327 e. The lowest BCUT2D eigenvalue weighted by atomic mass is 10.2. The van der Waals surface area contributed by atoms with Crippen LogP contribution in [-0.2, 0) is 22.5 Å². The molecule has 0 aliphatic rings. The highest BCUT2D eigenvalue weighted by atomic mass is 16.5. The first-order chi connectivity index (χ1) is 8.74. The van der Waals surface area contributed by atoms with Crippen LogP contribution < -0.4 is 5.73 Å². The van der Waals surface area contributed by atoms with E-state index in [9.17, 15) is 4.79 Å². The standard InChI is InChI=1S/C13H15N3O2/c14-12-8-15-16(9-12)10-13(17)18-7-6-11-4-2-1-3-5-11/h1-5,8-9H,6-7,10,14H2.